The van der Waals surface area contributed by atoms with E-state index in [1.54, 1.807) is 24.3 Å². The van der Waals surface area contributed by atoms with Crippen LogP contribution in [-0.2, 0) is 16.0 Å². The number of hydrogen-bond acceptors (Lipinski definition) is 2. The lowest BCUT2D eigenvalue weighted by Gasteiger charge is -2.09. The van der Waals surface area contributed by atoms with Crippen molar-refractivity contribution in [3.05, 3.63) is 34.9 Å². The SMILES string of the molecule is CC(NC(=O)Cc1ccccc1Cl)C(=O)O. The first-order valence-electron chi connectivity index (χ1n) is 4.76. The molecule has 1 aromatic rings. The highest BCUT2D eigenvalue weighted by atomic mass is 35.5. The molecular formula is C11H12ClNO3. The van der Waals surface area contributed by atoms with Gasteiger partial charge in [-0.25, -0.2) is 0 Å². The molecule has 1 atom stereocenters. The van der Waals surface area contributed by atoms with Crippen molar-refractivity contribution in [1.82, 2.24) is 5.32 Å². The molecule has 0 aliphatic rings. The van der Waals surface area contributed by atoms with Crippen LogP contribution in [0.5, 0.6) is 0 Å². The molecule has 0 aliphatic heterocycles. The van der Waals surface area contributed by atoms with Crippen LogP contribution in [0, 0.1) is 0 Å². The molecule has 1 aromatic carbocycles. The minimum atomic E-state index is -1.06. The van der Waals surface area contributed by atoms with Crippen molar-refractivity contribution in [3.8, 4) is 0 Å². The zero-order valence-corrected chi connectivity index (χ0v) is 9.49. The summed E-state index contributed by atoms with van der Waals surface area (Å²) in [5, 5.41) is 11.5. The van der Waals surface area contributed by atoms with E-state index in [1.165, 1.54) is 6.92 Å². The summed E-state index contributed by atoms with van der Waals surface area (Å²) in [6.07, 6.45) is 0.0806. The van der Waals surface area contributed by atoms with Gasteiger partial charge in [-0.3, -0.25) is 9.59 Å². The number of amides is 1. The van der Waals surface area contributed by atoms with Gasteiger partial charge in [0.05, 0.1) is 6.42 Å². The smallest absolute Gasteiger partial charge is 0.325 e. The van der Waals surface area contributed by atoms with Crippen LogP contribution in [0.15, 0.2) is 24.3 Å². The summed E-state index contributed by atoms with van der Waals surface area (Å²) in [5.74, 6) is -1.42. The maximum atomic E-state index is 11.4. The quantitative estimate of drug-likeness (QED) is 0.839. The number of carbonyl (C=O) groups is 2. The normalized spacial score (nSPS) is 11.9. The van der Waals surface area contributed by atoms with Crippen molar-refractivity contribution in [2.45, 2.75) is 19.4 Å². The summed E-state index contributed by atoms with van der Waals surface area (Å²) in [6.45, 7) is 1.41. The standard InChI is InChI=1S/C11H12ClNO3/c1-7(11(15)16)13-10(14)6-8-4-2-3-5-9(8)12/h2-5,7H,6H2,1H3,(H,13,14)(H,15,16). The van der Waals surface area contributed by atoms with E-state index in [0.717, 1.165) is 0 Å². The molecular weight excluding hydrogens is 230 g/mol. The summed E-state index contributed by atoms with van der Waals surface area (Å²) < 4.78 is 0. The van der Waals surface area contributed by atoms with E-state index >= 15 is 0 Å². The summed E-state index contributed by atoms with van der Waals surface area (Å²) in [5.41, 5.74) is 0.680. The van der Waals surface area contributed by atoms with Crippen LogP contribution in [0.2, 0.25) is 5.02 Å². The van der Waals surface area contributed by atoms with Crippen LogP contribution >= 0.6 is 11.6 Å². The third kappa shape index (κ3) is 3.55. The maximum absolute atomic E-state index is 11.4. The molecule has 16 heavy (non-hydrogen) atoms. The fraction of sp³-hybridized carbons (Fsp3) is 0.273. The molecule has 1 unspecified atom stereocenters. The number of hydrogen-bond donors (Lipinski definition) is 2. The molecule has 0 saturated carbocycles. The highest BCUT2D eigenvalue weighted by Gasteiger charge is 2.14. The van der Waals surface area contributed by atoms with Gasteiger partial charge in [-0.2, -0.15) is 0 Å². The third-order valence-corrected chi connectivity index (χ3v) is 2.43. The second kappa shape index (κ2) is 5.51. The maximum Gasteiger partial charge on any atom is 0.325 e. The van der Waals surface area contributed by atoms with Gasteiger partial charge >= 0.3 is 5.97 Å². The Balaban J connectivity index is 2.59. The van der Waals surface area contributed by atoms with Gasteiger partial charge in [0.25, 0.3) is 0 Å². The second-order valence-corrected chi connectivity index (χ2v) is 3.80. The topological polar surface area (TPSA) is 66.4 Å². The molecule has 0 fully saturated rings. The van der Waals surface area contributed by atoms with E-state index in [-0.39, 0.29) is 12.3 Å². The highest BCUT2D eigenvalue weighted by Crippen LogP contribution is 2.15. The first kappa shape index (κ1) is 12.5. The molecule has 0 bridgehead atoms. The molecule has 0 aliphatic carbocycles. The largest absolute Gasteiger partial charge is 0.480 e. The van der Waals surface area contributed by atoms with Crippen LogP contribution in [-0.4, -0.2) is 23.0 Å². The number of nitrogens with one attached hydrogen (secondary N) is 1. The zero-order valence-electron chi connectivity index (χ0n) is 8.74. The fourth-order valence-corrected chi connectivity index (χ4v) is 1.37. The van der Waals surface area contributed by atoms with Gasteiger partial charge in [0, 0.05) is 5.02 Å². The fourth-order valence-electron chi connectivity index (χ4n) is 1.17. The number of halogens is 1. The van der Waals surface area contributed by atoms with Gasteiger partial charge in [0.2, 0.25) is 5.91 Å². The van der Waals surface area contributed by atoms with Crippen molar-refractivity contribution in [2.75, 3.05) is 0 Å². The zero-order chi connectivity index (χ0) is 12.1. The predicted octanol–water partition coefficient (Wildman–Crippen LogP) is 1.47. The first-order chi connectivity index (χ1) is 7.50. The molecule has 86 valence electrons. The van der Waals surface area contributed by atoms with Gasteiger partial charge < -0.3 is 10.4 Å². The number of carboxylic acids is 1. The van der Waals surface area contributed by atoms with Gasteiger partial charge in [-0.15, -0.1) is 0 Å². The van der Waals surface area contributed by atoms with Gasteiger partial charge in [0.1, 0.15) is 6.04 Å². The Kier molecular flexibility index (Phi) is 4.31. The van der Waals surface area contributed by atoms with E-state index in [0.29, 0.717) is 10.6 Å². The molecule has 0 saturated heterocycles. The highest BCUT2D eigenvalue weighted by molar-refractivity contribution is 6.31. The summed E-state index contributed by atoms with van der Waals surface area (Å²) in [7, 11) is 0. The molecule has 0 radical (unpaired) electrons. The Labute approximate surface area is 98.2 Å². The summed E-state index contributed by atoms with van der Waals surface area (Å²) in [4.78, 5) is 22.0. The Morgan fingerprint density at radius 2 is 2.06 bits per heavy atom. The molecule has 1 rings (SSSR count). The molecule has 0 heterocycles. The van der Waals surface area contributed by atoms with E-state index in [2.05, 4.69) is 5.32 Å². The third-order valence-electron chi connectivity index (χ3n) is 2.06. The number of rotatable bonds is 4. The van der Waals surface area contributed by atoms with Crippen molar-refractivity contribution >= 4 is 23.5 Å². The number of benzene rings is 1. The summed E-state index contributed by atoms with van der Waals surface area (Å²) in [6, 6.07) is 6.06. The lowest BCUT2D eigenvalue weighted by Crippen LogP contribution is -2.39. The first-order valence-corrected chi connectivity index (χ1v) is 5.14. The van der Waals surface area contributed by atoms with E-state index in [1.807, 2.05) is 0 Å². The molecule has 1 amide bonds. The van der Waals surface area contributed by atoms with Crippen LogP contribution in [0.1, 0.15) is 12.5 Å². The van der Waals surface area contributed by atoms with E-state index in [9.17, 15) is 9.59 Å². The predicted molar refractivity (Wildman–Crippen MR) is 60.4 cm³/mol. The van der Waals surface area contributed by atoms with Crippen LogP contribution in [0.25, 0.3) is 0 Å². The number of carboxylic acid groups (broad SMARTS) is 1. The minimum absolute atomic E-state index is 0.0806. The van der Waals surface area contributed by atoms with Crippen LogP contribution in [0.3, 0.4) is 0 Å². The van der Waals surface area contributed by atoms with Crippen molar-refractivity contribution in [3.63, 3.8) is 0 Å². The molecule has 5 heteroatoms. The van der Waals surface area contributed by atoms with Crippen molar-refractivity contribution < 1.29 is 14.7 Å². The monoisotopic (exact) mass is 241 g/mol. The molecule has 2 N–H and O–H groups in total. The van der Waals surface area contributed by atoms with Crippen molar-refractivity contribution in [1.29, 1.82) is 0 Å². The number of carbonyl (C=O) groups excluding carboxylic acids is 1. The van der Waals surface area contributed by atoms with Crippen LogP contribution < -0.4 is 5.32 Å². The van der Waals surface area contributed by atoms with E-state index < -0.39 is 12.0 Å². The van der Waals surface area contributed by atoms with Crippen molar-refractivity contribution in [2.24, 2.45) is 0 Å². The minimum Gasteiger partial charge on any atom is -0.480 e. The molecule has 0 aromatic heterocycles. The second-order valence-electron chi connectivity index (χ2n) is 3.40. The number of aliphatic carboxylic acids is 1. The van der Waals surface area contributed by atoms with Gasteiger partial charge in [-0.1, -0.05) is 29.8 Å². The Bertz CT molecular complexity index is 406. The average Bonchev–Trinajstić information content (AvgIpc) is 2.21. The van der Waals surface area contributed by atoms with Gasteiger partial charge in [-0.05, 0) is 18.6 Å². The molecule has 0 spiro atoms. The van der Waals surface area contributed by atoms with Crippen LogP contribution in [0.4, 0.5) is 0 Å². The lowest BCUT2D eigenvalue weighted by atomic mass is 10.1. The average molecular weight is 242 g/mol. The molecule has 4 nitrogen and oxygen atoms in total. The Morgan fingerprint density at radius 3 is 2.62 bits per heavy atom. The van der Waals surface area contributed by atoms with Gasteiger partial charge in [0.15, 0.2) is 0 Å². The summed E-state index contributed by atoms with van der Waals surface area (Å²) >= 11 is 5.87. The van der Waals surface area contributed by atoms with E-state index in [4.69, 9.17) is 16.7 Å². The lowest BCUT2D eigenvalue weighted by molar-refractivity contribution is -0.141. The Hall–Kier alpha value is -1.55. The Morgan fingerprint density at radius 1 is 1.44 bits per heavy atom.